The molecule has 0 atom stereocenters. The van der Waals surface area contributed by atoms with Gasteiger partial charge in [0, 0.05) is 6.42 Å². The van der Waals surface area contributed by atoms with Gasteiger partial charge in [-0.2, -0.15) is 0 Å². The quantitative estimate of drug-likeness (QED) is 0.693. The van der Waals surface area contributed by atoms with Gasteiger partial charge in [0.05, 0.1) is 0 Å². The molecule has 0 heterocycles. The minimum Gasteiger partial charge on any atom is -0.481 e. The van der Waals surface area contributed by atoms with Crippen molar-refractivity contribution in [3.8, 4) is 0 Å². The lowest BCUT2D eigenvalue weighted by atomic mass is 10.0. The molecule has 0 aliphatic heterocycles. The molecule has 1 radical (unpaired) electrons. The first-order valence-electron chi connectivity index (χ1n) is 4.80. The Bertz CT molecular complexity index is 94.9. The fourth-order valence-corrected chi connectivity index (χ4v) is 1.11. The average molecular weight is 171 g/mol. The molecule has 0 saturated heterocycles. The van der Waals surface area contributed by atoms with E-state index in [0.29, 0.717) is 6.42 Å². The van der Waals surface area contributed by atoms with Gasteiger partial charge >= 0.3 is 5.97 Å². The molecule has 2 nitrogen and oxygen atoms in total. The standard InChI is InChI=1S/C6H11.C4H8O2/c1-2-4-6-5-3-1;1-2-3-4(5)6/h1H,2-6H2;2-3H2,1H3,(H,5,6). The van der Waals surface area contributed by atoms with Gasteiger partial charge in [-0.05, 0) is 12.8 Å². The molecule has 0 bridgehead atoms. The lowest BCUT2D eigenvalue weighted by Gasteiger charge is -2.05. The van der Waals surface area contributed by atoms with Crippen LogP contribution in [0.15, 0.2) is 0 Å². The van der Waals surface area contributed by atoms with Gasteiger partial charge in [0.15, 0.2) is 0 Å². The summed E-state index contributed by atoms with van der Waals surface area (Å²) in [6.45, 7) is 1.84. The van der Waals surface area contributed by atoms with E-state index in [4.69, 9.17) is 5.11 Å². The number of carbonyl (C=O) groups is 1. The van der Waals surface area contributed by atoms with Crippen molar-refractivity contribution in [3.05, 3.63) is 6.42 Å². The van der Waals surface area contributed by atoms with Gasteiger partial charge in [-0.25, -0.2) is 0 Å². The Hall–Kier alpha value is -0.530. The highest BCUT2D eigenvalue weighted by atomic mass is 16.4. The number of rotatable bonds is 2. The van der Waals surface area contributed by atoms with Crippen molar-refractivity contribution >= 4 is 5.97 Å². The zero-order chi connectivity index (χ0) is 9.23. The summed E-state index contributed by atoms with van der Waals surface area (Å²) in [5.74, 6) is -0.711. The zero-order valence-electron chi connectivity index (χ0n) is 7.88. The zero-order valence-corrected chi connectivity index (χ0v) is 7.88. The van der Waals surface area contributed by atoms with E-state index >= 15 is 0 Å². The fraction of sp³-hybridized carbons (Fsp3) is 0.800. The van der Waals surface area contributed by atoms with Gasteiger partial charge < -0.3 is 5.11 Å². The minimum atomic E-state index is -0.711. The van der Waals surface area contributed by atoms with Crippen LogP contribution in [0.3, 0.4) is 0 Å². The lowest BCUT2D eigenvalue weighted by Crippen LogP contribution is -1.90. The van der Waals surface area contributed by atoms with Crippen molar-refractivity contribution in [1.82, 2.24) is 0 Å². The van der Waals surface area contributed by atoms with Gasteiger partial charge in [-0.3, -0.25) is 4.79 Å². The predicted molar refractivity (Wildman–Crippen MR) is 49.9 cm³/mol. The van der Waals surface area contributed by atoms with E-state index in [-0.39, 0.29) is 0 Å². The molecule has 0 spiro atoms. The second kappa shape index (κ2) is 8.57. The summed E-state index contributed by atoms with van der Waals surface area (Å²) in [7, 11) is 0. The van der Waals surface area contributed by atoms with Crippen molar-refractivity contribution in [2.24, 2.45) is 0 Å². The topological polar surface area (TPSA) is 37.3 Å². The van der Waals surface area contributed by atoms with Crippen LogP contribution in [0.2, 0.25) is 0 Å². The van der Waals surface area contributed by atoms with Crippen molar-refractivity contribution in [3.63, 3.8) is 0 Å². The van der Waals surface area contributed by atoms with Crippen LogP contribution in [0.1, 0.15) is 51.9 Å². The Kier molecular flexibility index (Phi) is 8.19. The monoisotopic (exact) mass is 171 g/mol. The fourth-order valence-electron chi connectivity index (χ4n) is 1.11. The van der Waals surface area contributed by atoms with Crippen LogP contribution >= 0.6 is 0 Å². The molecule has 1 saturated carbocycles. The van der Waals surface area contributed by atoms with E-state index in [1.807, 2.05) is 6.92 Å². The lowest BCUT2D eigenvalue weighted by molar-refractivity contribution is -0.137. The van der Waals surface area contributed by atoms with Crippen LogP contribution in [-0.2, 0) is 4.79 Å². The van der Waals surface area contributed by atoms with Crippen LogP contribution in [0.25, 0.3) is 0 Å². The van der Waals surface area contributed by atoms with E-state index in [0.717, 1.165) is 6.42 Å². The summed E-state index contributed by atoms with van der Waals surface area (Å²) in [5, 5.41) is 7.91. The molecule has 0 aromatic carbocycles. The molecule has 1 aliphatic carbocycles. The normalized spacial score (nSPS) is 16.1. The molecular weight excluding hydrogens is 152 g/mol. The van der Waals surface area contributed by atoms with Crippen molar-refractivity contribution in [1.29, 1.82) is 0 Å². The summed E-state index contributed by atoms with van der Waals surface area (Å²) in [5.41, 5.74) is 0. The molecule has 0 aromatic heterocycles. The maximum Gasteiger partial charge on any atom is 0.303 e. The van der Waals surface area contributed by atoms with Crippen molar-refractivity contribution in [2.45, 2.75) is 51.9 Å². The highest BCUT2D eigenvalue weighted by molar-refractivity contribution is 5.66. The maximum atomic E-state index is 9.60. The van der Waals surface area contributed by atoms with Gasteiger partial charge in [-0.15, -0.1) is 0 Å². The molecule has 71 valence electrons. The Morgan fingerprint density at radius 2 is 1.92 bits per heavy atom. The van der Waals surface area contributed by atoms with E-state index in [1.165, 1.54) is 32.1 Å². The molecule has 0 amide bonds. The Balaban J connectivity index is 0.000000202. The number of hydrogen-bond acceptors (Lipinski definition) is 1. The Labute approximate surface area is 75.0 Å². The molecule has 1 aliphatic rings. The Morgan fingerprint density at radius 3 is 2.00 bits per heavy atom. The SMILES string of the molecule is CCCC(=O)O.[CH]1CCCCC1. The second-order valence-corrected chi connectivity index (χ2v) is 3.07. The molecule has 2 heteroatoms. The number of carboxylic acid groups (broad SMARTS) is 1. The molecule has 1 rings (SSSR count). The first kappa shape index (κ1) is 11.5. The van der Waals surface area contributed by atoms with E-state index in [2.05, 4.69) is 6.42 Å². The highest BCUT2D eigenvalue weighted by Crippen LogP contribution is 2.14. The van der Waals surface area contributed by atoms with Crippen LogP contribution in [0.4, 0.5) is 0 Å². The van der Waals surface area contributed by atoms with Gasteiger partial charge in [0.2, 0.25) is 0 Å². The van der Waals surface area contributed by atoms with Gasteiger partial charge in [0.25, 0.3) is 0 Å². The summed E-state index contributed by atoms with van der Waals surface area (Å²) < 4.78 is 0. The summed E-state index contributed by atoms with van der Waals surface area (Å²) in [4.78, 5) is 9.60. The van der Waals surface area contributed by atoms with Crippen molar-refractivity contribution < 1.29 is 9.90 Å². The maximum absolute atomic E-state index is 9.60. The van der Waals surface area contributed by atoms with Crippen LogP contribution in [0, 0.1) is 6.42 Å². The first-order valence-corrected chi connectivity index (χ1v) is 4.80. The molecule has 0 aromatic rings. The van der Waals surface area contributed by atoms with E-state index in [9.17, 15) is 4.79 Å². The Morgan fingerprint density at radius 1 is 1.33 bits per heavy atom. The van der Waals surface area contributed by atoms with Crippen LogP contribution in [-0.4, -0.2) is 11.1 Å². The number of carboxylic acids is 1. The predicted octanol–water partition coefficient (Wildman–Crippen LogP) is 3.03. The molecule has 1 N–H and O–H groups in total. The minimum absolute atomic E-state index is 0.292. The third-order valence-electron chi connectivity index (χ3n) is 1.78. The summed E-state index contributed by atoms with van der Waals surface area (Å²) in [6, 6.07) is 0. The van der Waals surface area contributed by atoms with Gasteiger partial charge in [-0.1, -0.05) is 39.0 Å². The third-order valence-corrected chi connectivity index (χ3v) is 1.78. The molecule has 1 fully saturated rings. The summed E-state index contributed by atoms with van der Waals surface area (Å²) >= 11 is 0. The smallest absolute Gasteiger partial charge is 0.303 e. The van der Waals surface area contributed by atoms with E-state index < -0.39 is 5.97 Å². The largest absolute Gasteiger partial charge is 0.481 e. The van der Waals surface area contributed by atoms with Crippen molar-refractivity contribution in [2.75, 3.05) is 0 Å². The highest BCUT2D eigenvalue weighted by Gasteiger charge is 1.95. The molecular formula is C10H19O2. The van der Waals surface area contributed by atoms with Crippen LogP contribution in [0.5, 0.6) is 0 Å². The molecule has 12 heavy (non-hydrogen) atoms. The average Bonchev–Trinajstić information content (AvgIpc) is 2.08. The number of aliphatic carboxylic acids is 1. The molecule has 0 unspecified atom stereocenters. The van der Waals surface area contributed by atoms with Crippen LogP contribution < -0.4 is 0 Å². The van der Waals surface area contributed by atoms with Gasteiger partial charge in [0.1, 0.15) is 0 Å². The first-order chi connectivity index (χ1) is 5.77. The van der Waals surface area contributed by atoms with E-state index in [1.54, 1.807) is 0 Å². The summed E-state index contributed by atoms with van der Waals surface area (Å²) in [6.07, 6.45) is 10.5. The number of hydrogen-bond donors (Lipinski definition) is 1. The third kappa shape index (κ3) is 9.47. The second-order valence-electron chi connectivity index (χ2n) is 3.07.